The molecule has 0 radical (unpaired) electrons. The molecule has 0 aromatic heterocycles. The highest BCUT2D eigenvalue weighted by Gasteiger charge is 2.58. The molecule has 0 heterocycles. The summed E-state index contributed by atoms with van der Waals surface area (Å²) in [5.74, 6) is 0. The van der Waals surface area contributed by atoms with Crippen LogP contribution in [0.4, 0.5) is 0 Å². The van der Waals surface area contributed by atoms with Crippen LogP contribution in [0.1, 0.15) is 0 Å². The van der Waals surface area contributed by atoms with Crippen molar-refractivity contribution in [3.05, 3.63) is 0 Å². The summed E-state index contributed by atoms with van der Waals surface area (Å²) in [5.41, 5.74) is 0. The standard InChI is InChI=1S/C6H16O18P4/c7-1-3(21-25(9,10)11)2(8)5(23-27(15,16)17)6(24-28(18,19)20)4(1)22-26(12,13)14/h1-8H,(H2,9,10,11)(H2,12,13,14)(H2,15,16,17)(H2,18,19,20)/t1-,2+,3?,4-,5?,6?/m1/s1. The van der Waals surface area contributed by atoms with E-state index in [0.717, 1.165) is 0 Å². The van der Waals surface area contributed by atoms with E-state index in [4.69, 9.17) is 39.1 Å². The van der Waals surface area contributed by atoms with Crippen LogP contribution in [0, 0.1) is 0 Å². The summed E-state index contributed by atoms with van der Waals surface area (Å²) in [5, 5.41) is 20.1. The van der Waals surface area contributed by atoms with Crippen molar-refractivity contribution in [2.75, 3.05) is 0 Å². The van der Waals surface area contributed by atoms with Crippen molar-refractivity contribution in [1.82, 2.24) is 0 Å². The number of phosphoric acid groups is 4. The Kier molecular flexibility index (Phi) is 8.34. The third kappa shape index (κ3) is 8.62. The van der Waals surface area contributed by atoms with Gasteiger partial charge >= 0.3 is 31.3 Å². The molecule has 0 spiro atoms. The molecule has 168 valence electrons. The monoisotopic (exact) mass is 500 g/mol. The van der Waals surface area contributed by atoms with Gasteiger partial charge in [0.1, 0.15) is 36.6 Å². The molecule has 1 fully saturated rings. The van der Waals surface area contributed by atoms with Crippen molar-refractivity contribution in [3.8, 4) is 0 Å². The molecule has 0 aromatic rings. The normalized spacial score (nSPS) is 33.1. The topological polar surface area (TPSA) is 308 Å². The molecule has 0 aromatic carbocycles. The van der Waals surface area contributed by atoms with Gasteiger partial charge in [0.05, 0.1) is 0 Å². The molecule has 3 unspecified atom stereocenters. The maximum atomic E-state index is 11.1. The zero-order valence-corrected chi connectivity index (χ0v) is 16.6. The first-order valence-electron chi connectivity index (χ1n) is 6.52. The lowest BCUT2D eigenvalue weighted by Crippen LogP contribution is -2.65. The van der Waals surface area contributed by atoms with Gasteiger partial charge in [-0.25, -0.2) is 18.3 Å². The second-order valence-corrected chi connectivity index (χ2v) is 9.99. The molecule has 1 saturated carbocycles. The Balaban J connectivity index is 3.50. The molecule has 22 heteroatoms. The first-order valence-corrected chi connectivity index (χ1v) is 12.6. The minimum absolute atomic E-state index is 2.56. The number of hydrogen-bond acceptors (Lipinski definition) is 10. The highest BCUT2D eigenvalue weighted by molar-refractivity contribution is 7.47. The lowest BCUT2D eigenvalue weighted by molar-refractivity contribution is -0.208. The summed E-state index contributed by atoms with van der Waals surface area (Å²) in [7, 11) is -22.4. The summed E-state index contributed by atoms with van der Waals surface area (Å²) in [6, 6.07) is 0. The fraction of sp³-hybridized carbons (Fsp3) is 1.00. The maximum absolute atomic E-state index is 11.1. The van der Waals surface area contributed by atoms with Crippen molar-refractivity contribution in [1.29, 1.82) is 0 Å². The third-order valence-corrected chi connectivity index (χ3v) is 5.10. The van der Waals surface area contributed by atoms with Crippen LogP contribution in [0.2, 0.25) is 0 Å². The van der Waals surface area contributed by atoms with E-state index in [0.29, 0.717) is 0 Å². The van der Waals surface area contributed by atoms with E-state index in [1.54, 1.807) is 0 Å². The zero-order chi connectivity index (χ0) is 22.3. The van der Waals surface area contributed by atoms with Gasteiger partial charge in [0.2, 0.25) is 0 Å². The predicted molar refractivity (Wildman–Crippen MR) is 79.7 cm³/mol. The average molecular weight is 500 g/mol. The second-order valence-electron chi connectivity index (χ2n) is 5.22. The molecule has 28 heavy (non-hydrogen) atoms. The van der Waals surface area contributed by atoms with Crippen molar-refractivity contribution >= 4 is 31.3 Å². The summed E-state index contributed by atoms with van der Waals surface area (Å²) in [4.78, 5) is 71.0. The molecular weight excluding hydrogens is 484 g/mol. The van der Waals surface area contributed by atoms with E-state index < -0.39 is 67.9 Å². The molecule has 6 atom stereocenters. The van der Waals surface area contributed by atoms with E-state index in [1.807, 2.05) is 0 Å². The van der Waals surface area contributed by atoms with Crippen LogP contribution in [0.5, 0.6) is 0 Å². The van der Waals surface area contributed by atoms with Gasteiger partial charge in [-0.15, -0.1) is 0 Å². The van der Waals surface area contributed by atoms with Crippen LogP contribution >= 0.6 is 31.3 Å². The molecule has 10 N–H and O–H groups in total. The third-order valence-electron chi connectivity index (χ3n) is 3.03. The number of phosphoric ester groups is 4. The quantitative estimate of drug-likeness (QED) is 0.145. The highest BCUT2D eigenvalue weighted by Crippen LogP contribution is 2.52. The van der Waals surface area contributed by atoms with Gasteiger partial charge in [-0.3, -0.25) is 18.1 Å². The van der Waals surface area contributed by atoms with E-state index in [-0.39, 0.29) is 0 Å². The fourth-order valence-electron chi connectivity index (χ4n) is 2.28. The van der Waals surface area contributed by atoms with Crippen LogP contribution in [0.15, 0.2) is 0 Å². The van der Waals surface area contributed by atoms with Crippen molar-refractivity contribution < 1.29 is 85.7 Å². The van der Waals surface area contributed by atoms with Crippen LogP contribution in [-0.2, 0) is 36.4 Å². The first kappa shape index (κ1) is 26.4. The fourth-order valence-corrected chi connectivity index (χ4v) is 4.52. The Morgan fingerprint density at radius 3 is 0.893 bits per heavy atom. The Morgan fingerprint density at radius 1 is 0.429 bits per heavy atom. The molecule has 0 aliphatic heterocycles. The summed E-state index contributed by atoms with van der Waals surface area (Å²) in [6.45, 7) is 0. The predicted octanol–water partition coefficient (Wildman–Crippen LogP) is -3.37. The van der Waals surface area contributed by atoms with E-state index in [1.165, 1.54) is 0 Å². The lowest BCUT2D eigenvalue weighted by atomic mass is 9.85. The smallest absolute Gasteiger partial charge is 0.387 e. The van der Waals surface area contributed by atoms with Crippen LogP contribution in [0.3, 0.4) is 0 Å². The SMILES string of the molecule is O=P(O)(O)OC1C(OP(=O)(O)O)[C@H](OP(=O)(O)O)[C@H](O)C(OP(=O)(O)O)[C@@H]1O. The van der Waals surface area contributed by atoms with Gasteiger partial charge in [-0.05, 0) is 0 Å². The average Bonchev–Trinajstić information content (AvgIpc) is 2.39. The van der Waals surface area contributed by atoms with Crippen LogP contribution in [-0.4, -0.2) is 86.0 Å². The van der Waals surface area contributed by atoms with Crippen molar-refractivity contribution in [2.45, 2.75) is 36.6 Å². The lowest BCUT2D eigenvalue weighted by Gasteiger charge is -2.45. The van der Waals surface area contributed by atoms with Crippen LogP contribution in [0.25, 0.3) is 0 Å². The molecule has 1 aliphatic carbocycles. The summed E-state index contributed by atoms with van der Waals surface area (Å²) >= 11 is 0. The molecule has 0 bridgehead atoms. The number of rotatable bonds is 8. The summed E-state index contributed by atoms with van der Waals surface area (Å²) < 4.78 is 60.5. The Morgan fingerprint density at radius 2 is 0.643 bits per heavy atom. The molecule has 1 aliphatic rings. The van der Waals surface area contributed by atoms with Gasteiger partial charge in [0, 0.05) is 0 Å². The largest absolute Gasteiger partial charge is 0.470 e. The van der Waals surface area contributed by atoms with Gasteiger partial charge in [-0.1, -0.05) is 0 Å². The number of aliphatic hydroxyl groups excluding tert-OH is 2. The molecule has 18 nitrogen and oxygen atoms in total. The first-order chi connectivity index (χ1) is 12.2. The van der Waals surface area contributed by atoms with E-state index in [9.17, 15) is 28.5 Å². The Hall–Kier alpha value is 0.360. The van der Waals surface area contributed by atoms with Crippen molar-refractivity contribution in [3.63, 3.8) is 0 Å². The van der Waals surface area contributed by atoms with E-state index >= 15 is 0 Å². The van der Waals surface area contributed by atoms with Gasteiger partial charge in [-0.2, -0.15) is 0 Å². The minimum Gasteiger partial charge on any atom is -0.387 e. The van der Waals surface area contributed by atoms with Gasteiger partial charge < -0.3 is 49.4 Å². The molecule has 1 rings (SSSR count). The van der Waals surface area contributed by atoms with Gasteiger partial charge in [0.25, 0.3) is 0 Å². The van der Waals surface area contributed by atoms with Crippen LogP contribution < -0.4 is 0 Å². The van der Waals surface area contributed by atoms with Crippen molar-refractivity contribution in [2.24, 2.45) is 0 Å². The number of aliphatic hydroxyl groups is 2. The Labute approximate surface area is 154 Å². The minimum atomic E-state index is -5.64. The maximum Gasteiger partial charge on any atom is 0.470 e. The van der Waals surface area contributed by atoms with E-state index in [2.05, 4.69) is 18.1 Å². The van der Waals surface area contributed by atoms with Gasteiger partial charge in [0.15, 0.2) is 0 Å². The molecular formula is C6H16O18P4. The second kappa shape index (κ2) is 8.85. The zero-order valence-electron chi connectivity index (χ0n) is 13.0. The Bertz CT molecular complexity index is 688. The number of hydrogen-bond donors (Lipinski definition) is 10. The highest BCUT2D eigenvalue weighted by atomic mass is 31.2. The molecule has 0 amide bonds. The molecule has 0 saturated heterocycles. The summed E-state index contributed by atoms with van der Waals surface area (Å²) in [6.07, 6.45) is -15.9.